The van der Waals surface area contributed by atoms with Crippen molar-refractivity contribution in [3.05, 3.63) is 35.0 Å². The summed E-state index contributed by atoms with van der Waals surface area (Å²) in [5, 5.41) is 1.39. The summed E-state index contributed by atoms with van der Waals surface area (Å²) in [5.41, 5.74) is 11.2. The number of aryl methyl sites for hydroxylation is 1. The summed E-state index contributed by atoms with van der Waals surface area (Å²) in [7, 11) is 0. The Morgan fingerprint density at radius 1 is 1.21 bits per heavy atom. The third-order valence-corrected chi connectivity index (χ3v) is 4.85. The monoisotopic (exact) mass is 256 g/mol. The second kappa shape index (κ2) is 5.01. The highest BCUT2D eigenvalue weighted by molar-refractivity contribution is 5.86. The fourth-order valence-electron chi connectivity index (χ4n) is 3.51. The zero-order chi connectivity index (χ0) is 13.4. The summed E-state index contributed by atoms with van der Waals surface area (Å²) >= 11 is 0. The third-order valence-electron chi connectivity index (χ3n) is 4.85. The van der Waals surface area contributed by atoms with E-state index in [9.17, 15) is 0 Å². The predicted molar refractivity (Wildman–Crippen MR) is 81.3 cm³/mol. The van der Waals surface area contributed by atoms with Crippen LogP contribution in [0.4, 0.5) is 0 Å². The number of fused-ring (bicyclic) bond motifs is 1. The normalized spacial score (nSPS) is 16.6. The molecule has 1 aromatic carbocycles. The van der Waals surface area contributed by atoms with Crippen LogP contribution in [0.25, 0.3) is 10.9 Å². The van der Waals surface area contributed by atoms with Crippen LogP contribution in [-0.4, -0.2) is 4.57 Å². The average molecular weight is 256 g/mol. The van der Waals surface area contributed by atoms with Crippen LogP contribution in [-0.2, 0) is 13.1 Å². The van der Waals surface area contributed by atoms with Gasteiger partial charge in [-0.2, -0.15) is 0 Å². The zero-order valence-electron chi connectivity index (χ0n) is 12.1. The van der Waals surface area contributed by atoms with Crippen LogP contribution >= 0.6 is 0 Å². The van der Waals surface area contributed by atoms with E-state index in [-0.39, 0.29) is 0 Å². The molecular formula is C17H24N2. The third kappa shape index (κ3) is 2.18. The van der Waals surface area contributed by atoms with Gasteiger partial charge in [-0.1, -0.05) is 18.9 Å². The standard InChI is InChI=1S/C17H24N2/c1-12-13(2)19(11-14-5-3-4-6-14)17-8-7-15(10-18)9-16(12)17/h7-9,14H,3-6,10-11,18H2,1-2H3. The Morgan fingerprint density at radius 3 is 2.63 bits per heavy atom. The first-order valence-corrected chi connectivity index (χ1v) is 7.49. The molecule has 0 amide bonds. The molecule has 0 unspecified atom stereocenters. The van der Waals surface area contributed by atoms with Gasteiger partial charge in [0.15, 0.2) is 0 Å². The maximum Gasteiger partial charge on any atom is 0.0485 e. The minimum Gasteiger partial charge on any atom is -0.344 e. The van der Waals surface area contributed by atoms with Crippen LogP contribution in [0.15, 0.2) is 18.2 Å². The maximum absolute atomic E-state index is 5.76. The van der Waals surface area contributed by atoms with Gasteiger partial charge in [0.05, 0.1) is 0 Å². The average Bonchev–Trinajstić information content (AvgIpc) is 3.02. The van der Waals surface area contributed by atoms with Gasteiger partial charge < -0.3 is 10.3 Å². The van der Waals surface area contributed by atoms with E-state index in [0.29, 0.717) is 6.54 Å². The van der Waals surface area contributed by atoms with Crippen molar-refractivity contribution in [1.29, 1.82) is 0 Å². The van der Waals surface area contributed by atoms with Gasteiger partial charge in [0.25, 0.3) is 0 Å². The molecule has 0 bridgehead atoms. The van der Waals surface area contributed by atoms with Crippen molar-refractivity contribution in [3.8, 4) is 0 Å². The predicted octanol–water partition coefficient (Wildman–Crippen LogP) is 3.91. The molecule has 0 aliphatic heterocycles. The van der Waals surface area contributed by atoms with Crippen molar-refractivity contribution in [2.24, 2.45) is 11.7 Å². The number of benzene rings is 1. The van der Waals surface area contributed by atoms with Crippen molar-refractivity contribution >= 4 is 10.9 Å². The van der Waals surface area contributed by atoms with Crippen LogP contribution in [0.2, 0.25) is 0 Å². The number of nitrogens with zero attached hydrogens (tertiary/aromatic N) is 1. The second-order valence-electron chi connectivity index (χ2n) is 6.03. The SMILES string of the molecule is Cc1c(C)n(CC2CCCC2)c2ccc(CN)cc12. The minimum atomic E-state index is 0.627. The van der Waals surface area contributed by atoms with E-state index in [1.165, 1.54) is 60.0 Å². The molecule has 1 saturated carbocycles. The van der Waals surface area contributed by atoms with Crippen LogP contribution in [0.5, 0.6) is 0 Å². The van der Waals surface area contributed by atoms with E-state index in [2.05, 4.69) is 36.6 Å². The summed E-state index contributed by atoms with van der Waals surface area (Å²) < 4.78 is 2.53. The number of rotatable bonds is 3. The molecule has 1 aliphatic carbocycles. The Morgan fingerprint density at radius 2 is 1.95 bits per heavy atom. The van der Waals surface area contributed by atoms with Gasteiger partial charge in [-0.3, -0.25) is 0 Å². The molecule has 1 fully saturated rings. The molecule has 1 heterocycles. The van der Waals surface area contributed by atoms with E-state index in [4.69, 9.17) is 5.73 Å². The van der Waals surface area contributed by atoms with E-state index in [1.807, 2.05) is 0 Å². The highest BCUT2D eigenvalue weighted by Gasteiger charge is 2.18. The molecule has 1 aromatic heterocycles. The lowest BCUT2D eigenvalue weighted by atomic mass is 10.1. The summed E-state index contributed by atoms with van der Waals surface area (Å²) in [5.74, 6) is 0.878. The number of hydrogen-bond donors (Lipinski definition) is 1. The van der Waals surface area contributed by atoms with E-state index in [0.717, 1.165) is 5.92 Å². The lowest BCUT2D eigenvalue weighted by Gasteiger charge is -2.14. The molecule has 0 spiro atoms. The van der Waals surface area contributed by atoms with Gasteiger partial charge in [0.2, 0.25) is 0 Å². The van der Waals surface area contributed by atoms with Crippen LogP contribution in [0.3, 0.4) is 0 Å². The fraction of sp³-hybridized carbons (Fsp3) is 0.529. The van der Waals surface area contributed by atoms with Gasteiger partial charge >= 0.3 is 0 Å². The molecule has 0 saturated heterocycles. The van der Waals surface area contributed by atoms with Crippen molar-refractivity contribution < 1.29 is 0 Å². The van der Waals surface area contributed by atoms with Gasteiger partial charge in [-0.15, -0.1) is 0 Å². The first-order chi connectivity index (χ1) is 9.20. The van der Waals surface area contributed by atoms with Crippen LogP contribution < -0.4 is 5.73 Å². The Balaban J connectivity index is 2.05. The van der Waals surface area contributed by atoms with Crippen molar-refractivity contribution in [2.45, 2.75) is 52.6 Å². The highest BCUT2D eigenvalue weighted by atomic mass is 15.0. The summed E-state index contributed by atoms with van der Waals surface area (Å²) in [6.45, 7) is 6.32. The molecule has 3 rings (SSSR count). The fourth-order valence-corrected chi connectivity index (χ4v) is 3.51. The van der Waals surface area contributed by atoms with Gasteiger partial charge in [0, 0.05) is 29.7 Å². The van der Waals surface area contributed by atoms with Gasteiger partial charge in [0.1, 0.15) is 0 Å². The largest absolute Gasteiger partial charge is 0.344 e. The van der Waals surface area contributed by atoms with Gasteiger partial charge in [-0.25, -0.2) is 0 Å². The molecule has 2 aromatic rings. The molecule has 1 aliphatic rings. The molecule has 102 valence electrons. The minimum absolute atomic E-state index is 0.627. The molecule has 2 nitrogen and oxygen atoms in total. The lowest BCUT2D eigenvalue weighted by molar-refractivity contribution is 0.460. The Bertz CT molecular complexity index is 589. The summed E-state index contributed by atoms with van der Waals surface area (Å²) in [6.07, 6.45) is 5.64. The Hall–Kier alpha value is -1.28. The zero-order valence-corrected chi connectivity index (χ0v) is 12.1. The van der Waals surface area contributed by atoms with Crippen LogP contribution in [0, 0.1) is 19.8 Å². The first-order valence-electron chi connectivity index (χ1n) is 7.49. The quantitative estimate of drug-likeness (QED) is 0.887. The maximum atomic E-state index is 5.76. The molecule has 2 N–H and O–H groups in total. The Kier molecular flexibility index (Phi) is 3.36. The lowest BCUT2D eigenvalue weighted by Crippen LogP contribution is -2.08. The smallest absolute Gasteiger partial charge is 0.0485 e. The van der Waals surface area contributed by atoms with Crippen LogP contribution in [0.1, 0.15) is 42.5 Å². The molecule has 0 radical (unpaired) electrons. The summed E-state index contributed by atoms with van der Waals surface area (Å²) in [6, 6.07) is 6.70. The number of nitrogens with two attached hydrogens (primary N) is 1. The molecule has 0 atom stereocenters. The molecule has 19 heavy (non-hydrogen) atoms. The van der Waals surface area contributed by atoms with E-state index < -0.39 is 0 Å². The van der Waals surface area contributed by atoms with Gasteiger partial charge in [-0.05, 0) is 55.9 Å². The van der Waals surface area contributed by atoms with Crippen molar-refractivity contribution in [1.82, 2.24) is 4.57 Å². The summed E-state index contributed by atoms with van der Waals surface area (Å²) in [4.78, 5) is 0. The second-order valence-corrected chi connectivity index (χ2v) is 6.03. The Labute approximate surface area is 115 Å². The molecule has 2 heteroatoms. The number of hydrogen-bond acceptors (Lipinski definition) is 1. The van der Waals surface area contributed by atoms with Crippen molar-refractivity contribution in [2.75, 3.05) is 0 Å². The van der Waals surface area contributed by atoms with E-state index >= 15 is 0 Å². The van der Waals surface area contributed by atoms with E-state index in [1.54, 1.807) is 0 Å². The highest BCUT2D eigenvalue weighted by Crippen LogP contribution is 2.31. The topological polar surface area (TPSA) is 30.9 Å². The van der Waals surface area contributed by atoms with Crippen molar-refractivity contribution in [3.63, 3.8) is 0 Å². The number of aromatic nitrogens is 1. The first kappa shape index (κ1) is 12.7. The molecular weight excluding hydrogens is 232 g/mol.